The molecule has 0 saturated heterocycles. The number of hydrogen-bond donors (Lipinski definition) is 0. The predicted molar refractivity (Wildman–Crippen MR) is 57.7 cm³/mol. The summed E-state index contributed by atoms with van der Waals surface area (Å²) >= 11 is 0. The Morgan fingerprint density at radius 2 is 1.87 bits per heavy atom. The molecular weight excluding hydrogens is 189 g/mol. The smallest absolute Gasteiger partial charge is 0.142 e. The van der Waals surface area contributed by atoms with E-state index in [4.69, 9.17) is 0 Å². The number of hydrogen-bond acceptors (Lipinski definition) is 1. The van der Waals surface area contributed by atoms with Crippen LogP contribution in [0, 0.1) is 0 Å². The highest BCUT2D eigenvalue weighted by Crippen LogP contribution is 2.33. The van der Waals surface area contributed by atoms with Crippen molar-refractivity contribution >= 4 is 0 Å². The SMILES string of the molecule is FC1CCCc2cc3c(nc21)CCCC3. The van der Waals surface area contributed by atoms with Crippen LogP contribution in [0.25, 0.3) is 0 Å². The maximum atomic E-state index is 13.7. The topological polar surface area (TPSA) is 12.9 Å². The van der Waals surface area contributed by atoms with Crippen LogP contribution in [0.2, 0.25) is 0 Å². The number of nitrogens with zero attached hydrogens (tertiary/aromatic N) is 1. The Labute approximate surface area is 89.7 Å². The van der Waals surface area contributed by atoms with Gasteiger partial charge in [-0.3, -0.25) is 4.98 Å². The lowest BCUT2D eigenvalue weighted by Crippen LogP contribution is -2.14. The molecule has 0 aliphatic heterocycles. The minimum absolute atomic E-state index is 0.665. The first-order valence-electron chi connectivity index (χ1n) is 6.00. The van der Waals surface area contributed by atoms with Gasteiger partial charge in [0.15, 0.2) is 0 Å². The molecule has 1 unspecified atom stereocenters. The van der Waals surface area contributed by atoms with Crippen molar-refractivity contribution in [2.75, 3.05) is 0 Å². The van der Waals surface area contributed by atoms with Crippen LogP contribution in [0.4, 0.5) is 4.39 Å². The van der Waals surface area contributed by atoms with Crippen molar-refractivity contribution in [3.05, 3.63) is 28.6 Å². The zero-order valence-electron chi connectivity index (χ0n) is 8.93. The minimum atomic E-state index is -0.805. The van der Waals surface area contributed by atoms with Gasteiger partial charge in [0.05, 0.1) is 5.69 Å². The summed E-state index contributed by atoms with van der Waals surface area (Å²) in [5, 5.41) is 0. The van der Waals surface area contributed by atoms with Gasteiger partial charge in [0.1, 0.15) is 6.17 Å². The summed E-state index contributed by atoms with van der Waals surface area (Å²) in [6, 6.07) is 2.22. The van der Waals surface area contributed by atoms with Gasteiger partial charge in [0, 0.05) is 5.69 Å². The number of halogens is 1. The second-order valence-corrected chi connectivity index (χ2v) is 4.71. The number of aromatic nitrogens is 1. The lowest BCUT2D eigenvalue weighted by molar-refractivity contribution is 0.293. The van der Waals surface area contributed by atoms with E-state index in [9.17, 15) is 4.39 Å². The Kier molecular flexibility index (Phi) is 2.23. The Balaban J connectivity index is 2.08. The number of alkyl halides is 1. The fourth-order valence-electron chi connectivity index (χ4n) is 2.78. The van der Waals surface area contributed by atoms with Crippen molar-refractivity contribution in [2.24, 2.45) is 0 Å². The third kappa shape index (κ3) is 1.56. The lowest BCUT2D eigenvalue weighted by Gasteiger charge is -2.23. The first-order chi connectivity index (χ1) is 7.34. The van der Waals surface area contributed by atoms with Crippen molar-refractivity contribution in [1.82, 2.24) is 4.98 Å². The minimum Gasteiger partial charge on any atom is -0.254 e. The molecule has 0 amide bonds. The maximum absolute atomic E-state index is 13.7. The summed E-state index contributed by atoms with van der Waals surface area (Å²) in [6.45, 7) is 0. The molecule has 0 spiro atoms. The molecule has 2 aliphatic rings. The Morgan fingerprint density at radius 3 is 2.80 bits per heavy atom. The van der Waals surface area contributed by atoms with E-state index in [0.717, 1.165) is 31.4 Å². The van der Waals surface area contributed by atoms with E-state index < -0.39 is 6.17 Å². The first kappa shape index (κ1) is 9.32. The molecule has 1 atom stereocenters. The zero-order valence-corrected chi connectivity index (χ0v) is 8.93. The van der Waals surface area contributed by atoms with Crippen molar-refractivity contribution in [3.8, 4) is 0 Å². The average molecular weight is 205 g/mol. The molecule has 0 saturated carbocycles. The third-order valence-electron chi connectivity index (χ3n) is 3.61. The van der Waals surface area contributed by atoms with Gasteiger partial charge in [-0.25, -0.2) is 4.39 Å². The quantitative estimate of drug-likeness (QED) is 0.633. The van der Waals surface area contributed by atoms with Crippen LogP contribution in [0.1, 0.15) is 54.4 Å². The van der Waals surface area contributed by atoms with E-state index >= 15 is 0 Å². The molecule has 1 aromatic rings. The molecule has 2 heteroatoms. The molecule has 2 aliphatic carbocycles. The second kappa shape index (κ2) is 3.58. The normalized spacial score (nSPS) is 24.5. The largest absolute Gasteiger partial charge is 0.254 e. The van der Waals surface area contributed by atoms with Crippen LogP contribution in [-0.4, -0.2) is 4.98 Å². The molecule has 0 aromatic carbocycles. The van der Waals surface area contributed by atoms with Crippen molar-refractivity contribution in [3.63, 3.8) is 0 Å². The molecule has 1 heterocycles. The van der Waals surface area contributed by atoms with E-state index in [0.29, 0.717) is 6.42 Å². The van der Waals surface area contributed by atoms with Gasteiger partial charge in [-0.2, -0.15) is 0 Å². The summed E-state index contributed by atoms with van der Waals surface area (Å²) in [5.74, 6) is 0. The maximum Gasteiger partial charge on any atom is 0.142 e. The fourth-order valence-corrected chi connectivity index (χ4v) is 2.78. The molecule has 1 aromatic heterocycles. The monoisotopic (exact) mass is 205 g/mol. The lowest BCUT2D eigenvalue weighted by atomic mass is 9.88. The molecule has 0 N–H and O–H groups in total. The van der Waals surface area contributed by atoms with E-state index in [1.54, 1.807) is 0 Å². The molecule has 80 valence electrons. The molecule has 15 heavy (non-hydrogen) atoms. The number of pyridine rings is 1. The first-order valence-corrected chi connectivity index (χ1v) is 6.00. The van der Waals surface area contributed by atoms with Gasteiger partial charge in [-0.1, -0.05) is 6.07 Å². The highest BCUT2D eigenvalue weighted by atomic mass is 19.1. The van der Waals surface area contributed by atoms with Crippen LogP contribution < -0.4 is 0 Å². The standard InChI is InChI=1S/C13H16FN/c14-11-6-3-5-10-8-9-4-1-2-7-12(9)15-13(10)11/h8,11H,1-7H2. The van der Waals surface area contributed by atoms with E-state index in [1.165, 1.54) is 29.7 Å². The van der Waals surface area contributed by atoms with E-state index in [2.05, 4.69) is 11.1 Å². The summed E-state index contributed by atoms with van der Waals surface area (Å²) < 4.78 is 13.7. The number of fused-ring (bicyclic) bond motifs is 2. The fraction of sp³-hybridized carbons (Fsp3) is 0.615. The Bertz CT molecular complexity index is 386. The van der Waals surface area contributed by atoms with Gasteiger partial charge in [-0.05, 0) is 56.1 Å². The predicted octanol–water partition coefficient (Wildman–Crippen LogP) is 3.31. The molecule has 0 fully saturated rings. The highest BCUT2D eigenvalue weighted by Gasteiger charge is 2.23. The van der Waals surface area contributed by atoms with Gasteiger partial charge < -0.3 is 0 Å². The van der Waals surface area contributed by atoms with Crippen LogP contribution in [0.15, 0.2) is 6.07 Å². The molecule has 3 rings (SSSR count). The van der Waals surface area contributed by atoms with Gasteiger partial charge in [-0.15, -0.1) is 0 Å². The summed E-state index contributed by atoms with van der Waals surface area (Å²) in [4.78, 5) is 4.56. The van der Waals surface area contributed by atoms with Crippen molar-refractivity contribution in [2.45, 2.75) is 51.1 Å². The Hall–Kier alpha value is -0.920. The van der Waals surface area contributed by atoms with Crippen molar-refractivity contribution < 1.29 is 4.39 Å². The van der Waals surface area contributed by atoms with Crippen LogP contribution in [0.3, 0.4) is 0 Å². The average Bonchev–Trinajstić information content (AvgIpc) is 2.27. The molecular formula is C13H16FN. The third-order valence-corrected chi connectivity index (χ3v) is 3.61. The number of aryl methyl sites for hydroxylation is 3. The van der Waals surface area contributed by atoms with Gasteiger partial charge in [0.25, 0.3) is 0 Å². The second-order valence-electron chi connectivity index (χ2n) is 4.71. The molecule has 0 radical (unpaired) electrons. The zero-order chi connectivity index (χ0) is 10.3. The van der Waals surface area contributed by atoms with Crippen LogP contribution in [0.5, 0.6) is 0 Å². The van der Waals surface area contributed by atoms with E-state index in [1.807, 2.05) is 0 Å². The summed E-state index contributed by atoms with van der Waals surface area (Å²) in [6.07, 6.45) is 6.55. The number of rotatable bonds is 0. The van der Waals surface area contributed by atoms with Gasteiger partial charge >= 0.3 is 0 Å². The Morgan fingerprint density at radius 1 is 1.07 bits per heavy atom. The van der Waals surface area contributed by atoms with Crippen LogP contribution in [-0.2, 0) is 19.3 Å². The van der Waals surface area contributed by atoms with Gasteiger partial charge in [0.2, 0.25) is 0 Å². The molecule has 0 bridgehead atoms. The van der Waals surface area contributed by atoms with Crippen molar-refractivity contribution in [1.29, 1.82) is 0 Å². The van der Waals surface area contributed by atoms with E-state index in [-0.39, 0.29) is 0 Å². The highest BCUT2D eigenvalue weighted by molar-refractivity contribution is 5.34. The summed E-state index contributed by atoms with van der Waals surface area (Å²) in [5.41, 5.74) is 4.48. The molecule has 1 nitrogen and oxygen atoms in total. The summed E-state index contributed by atoms with van der Waals surface area (Å²) in [7, 11) is 0. The van der Waals surface area contributed by atoms with Crippen LogP contribution >= 0.6 is 0 Å².